The first-order valence-electron chi connectivity index (χ1n) is 13.7. The molecule has 9 aromatic rings. The Hall–Kier alpha value is -4.74. The highest BCUT2D eigenvalue weighted by Crippen LogP contribution is 2.43. The molecule has 1 aliphatic rings. The van der Waals surface area contributed by atoms with Crippen LogP contribution in [0, 0.1) is 6.92 Å². The average Bonchev–Trinajstić information content (AvgIpc) is 3.71. The smallest absolute Gasteiger partial charge is 0.206 e. The van der Waals surface area contributed by atoms with Gasteiger partial charge in [0.05, 0.1) is 21.1 Å². The molecule has 0 saturated heterocycles. The molecule has 0 aliphatic carbocycles. The first-order chi connectivity index (χ1) is 19.7. The van der Waals surface area contributed by atoms with E-state index in [1.165, 1.54) is 69.9 Å². The van der Waals surface area contributed by atoms with E-state index in [2.05, 4.69) is 101 Å². The van der Waals surface area contributed by atoms with Gasteiger partial charge in [-0.2, -0.15) is 0 Å². The normalized spacial score (nSPS) is 12.8. The number of aromatic amines is 1. The number of thiophene rings is 1. The van der Waals surface area contributed by atoms with Gasteiger partial charge in [-0.25, -0.2) is 0 Å². The lowest BCUT2D eigenvalue weighted by molar-refractivity contribution is 0.657. The first kappa shape index (κ1) is 21.1. The number of H-pyrrole nitrogens is 1. The average molecular weight is 528 g/mol. The van der Waals surface area contributed by atoms with Crippen LogP contribution in [0.5, 0.6) is 0 Å². The number of para-hydroxylation sites is 3. The van der Waals surface area contributed by atoms with Crippen molar-refractivity contribution in [3.05, 3.63) is 103 Å². The number of hydrogen-bond acceptors (Lipinski definition) is 2. The number of rotatable bonds is 1. The third-order valence-electron chi connectivity index (χ3n) is 8.82. The first-order valence-corrected chi connectivity index (χ1v) is 14.6. The van der Waals surface area contributed by atoms with E-state index in [0.29, 0.717) is 0 Å². The van der Waals surface area contributed by atoms with Gasteiger partial charge in [0.15, 0.2) is 7.28 Å². The van der Waals surface area contributed by atoms with Crippen molar-refractivity contribution in [1.29, 1.82) is 0 Å². The largest absolute Gasteiger partial charge is 0.440 e. The van der Waals surface area contributed by atoms with E-state index in [4.69, 9.17) is 4.42 Å². The molecule has 0 amide bonds. The van der Waals surface area contributed by atoms with Crippen molar-refractivity contribution >= 4 is 93.7 Å². The van der Waals surface area contributed by atoms with Crippen LogP contribution in [0.1, 0.15) is 5.56 Å². The molecule has 0 saturated carbocycles. The number of hydrogen-bond donors (Lipinski definition) is 1. The van der Waals surface area contributed by atoms with Crippen LogP contribution in [-0.4, -0.2) is 16.8 Å². The summed E-state index contributed by atoms with van der Waals surface area (Å²) < 4.78 is 11.5. The minimum absolute atomic E-state index is 0.842. The number of nitrogens with one attached hydrogen (secondary N) is 1. The van der Waals surface area contributed by atoms with E-state index in [-0.39, 0.29) is 0 Å². The van der Waals surface area contributed by atoms with Crippen LogP contribution in [0.3, 0.4) is 0 Å². The minimum atomic E-state index is 0.842. The molecule has 0 spiro atoms. The zero-order chi connectivity index (χ0) is 26.1. The molecule has 0 fully saturated rings. The van der Waals surface area contributed by atoms with E-state index in [0.717, 1.165) is 34.9 Å². The Labute approximate surface area is 233 Å². The Bertz CT molecular complexity index is 2540. The maximum Gasteiger partial charge on any atom is 0.206 e. The quantitative estimate of drug-likeness (QED) is 0.215. The summed E-state index contributed by atoms with van der Waals surface area (Å²) in [5.74, 6) is 0. The lowest BCUT2D eigenvalue weighted by Gasteiger charge is -2.24. The summed E-state index contributed by atoms with van der Waals surface area (Å²) >= 11 is 1.91. The predicted octanol–water partition coefficient (Wildman–Crippen LogP) is 8.06. The maximum atomic E-state index is 6.26. The van der Waals surface area contributed by atoms with Gasteiger partial charge in [0.1, 0.15) is 5.58 Å². The number of benzene rings is 5. The molecule has 1 N–H and O–H groups in total. The summed E-state index contributed by atoms with van der Waals surface area (Å²) in [7, 11) is 0.910. The molecule has 5 heteroatoms. The molecular formula is C35H21BN2OS. The standard InChI is InChI=1S/C35H21BN2OS/c1-18-16-24(19-10-6-11-22-29-20-8-2-4-14-27(20)39-35(29)37-31(19)22)30-26(17-18)38-32-23(12-7-13-25(32)36-30)34-33(38)21-9-3-5-15-28(21)40-34/h2-17,36-37H,1H3. The second kappa shape index (κ2) is 7.26. The van der Waals surface area contributed by atoms with Crippen LogP contribution >= 0.6 is 11.3 Å². The van der Waals surface area contributed by atoms with Crippen LogP contribution in [0.25, 0.3) is 81.0 Å². The Balaban J connectivity index is 1.33. The maximum absolute atomic E-state index is 6.26. The van der Waals surface area contributed by atoms with Crippen molar-refractivity contribution < 1.29 is 4.42 Å². The summed E-state index contributed by atoms with van der Waals surface area (Å²) in [6, 6.07) is 35.4. The van der Waals surface area contributed by atoms with Crippen LogP contribution < -0.4 is 10.9 Å². The molecule has 40 heavy (non-hydrogen) atoms. The van der Waals surface area contributed by atoms with Crippen molar-refractivity contribution in [3.63, 3.8) is 0 Å². The molecule has 0 radical (unpaired) electrons. The molecule has 4 aromatic heterocycles. The fraction of sp³-hybridized carbons (Fsp3) is 0.0286. The van der Waals surface area contributed by atoms with E-state index in [9.17, 15) is 0 Å². The van der Waals surface area contributed by atoms with Crippen molar-refractivity contribution in [1.82, 2.24) is 9.55 Å². The highest BCUT2D eigenvalue weighted by molar-refractivity contribution is 7.26. The monoisotopic (exact) mass is 528 g/mol. The Morgan fingerprint density at radius 3 is 2.50 bits per heavy atom. The topological polar surface area (TPSA) is 33.9 Å². The van der Waals surface area contributed by atoms with Crippen molar-refractivity contribution in [3.8, 4) is 16.8 Å². The van der Waals surface area contributed by atoms with Gasteiger partial charge in [-0.3, -0.25) is 0 Å². The lowest BCUT2D eigenvalue weighted by Crippen LogP contribution is -2.37. The molecule has 0 atom stereocenters. The number of furan rings is 1. The molecule has 10 rings (SSSR count). The molecular weight excluding hydrogens is 507 g/mol. The molecule has 5 heterocycles. The van der Waals surface area contributed by atoms with Crippen LogP contribution in [0.4, 0.5) is 0 Å². The fourth-order valence-corrected chi connectivity index (χ4v) is 8.43. The third kappa shape index (κ3) is 2.52. The van der Waals surface area contributed by atoms with Crippen molar-refractivity contribution in [2.75, 3.05) is 0 Å². The van der Waals surface area contributed by atoms with Gasteiger partial charge in [-0.15, -0.1) is 11.3 Å². The fourth-order valence-electron chi connectivity index (χ4n) is 7.22. The third-order valence-corrected chi connectivity index (χ3v) is 10.0. The van der Waals surface area contributed by atoms with Crippen LogP contribution in [0.15, 0.2) is 101 Å². The second-order valence-electron chi connectivity index (χ2n) is 11.1. The molecule has 1 aliphatic heterocycles. The van der Waals surface area contributed by atoms with Gasteiger partial charge in [-0.1, -0.05) is 84.3 Å². The van der Waals surface area contributed by atoms with Gasteiger partial charge in [0.2, 0.25) is 5.71 Å². The molecule has 0 unspecified atom stereocenters. The Morgan fingerprint density at radius 2 is 1.55 bits per heavy atom. The Kier molecular flexibility index (Phi) is 3.84. The van der Waals surface area contributed by atoms with Crippen LogP contribution in [-0.2, 0) is 0 Å². The number of aromatic nitrogens is 2. The molecule has 3 nitrogen and oxygen atoms in total. The minimum Gasteiger partial charge on any atom is -0.440 e. The van der Waals surface area contributed by atoms with Crippen molar-refractivity contribution in [2.45, 2.75) is 6.92 Å². The molecule has 5 aromatic carbocycles. The van der Waals surface area contributed by atoms with E-state index in [1.807, 2.05) is 23.5 Å². The van der Waals surface area contributed by atoms with E-state index >= 15 is 0 Å². The van der Waals surface area contributed by atoms with Gasteiger partial charge in [0.25, 0.3) is 0 Å². The van der Waals surface area contributed by atoms with Crippen LogP contribution in [0.2, 0.25) is 0 Å². The SMILES string of the molecule is Cc1cc(-c2cccc3c2[nH]c2oc4ccccc4c23)c2c(c1)-n1c3c(cccc3c3sc4ccccc4c31)B2. The predicted molar refractivity (Wildman–Crippen MR) is 172 cm³/mol. The highest BCUT2D eigenvalue weighted by Gasteiger charge is 2.28. The van der Waals surface area contributed by atoms with E-state index in [1.54, 1.807) is 0 Å². The summed E-state index contributed by atoms with van der Waals surface area (Å²) in [4.78, 5) is 3.67. The number of aryl methyl sites for hydroxylation is 1. The zero-order valence-corrected chi connectivity index (χ0v) is 22.5. The Morgan fingerprint density at radius 1 is 0.750 bits per heavy atom. The lowest BCUT2D eigenvalue weighted by atomic mass is 9.59. The molecule has 186 valence electrons. The van der Waals surface area contributed by atoms with Gasteiger partial charge in [0, 0.05) is 43.0 Å². The zero-order valence-electron chi connectivity index (χ0n) is 21.7. The van der Waals surface area contributed by atoms with Crippen molar-refractivity contribution in [2.24, 2.45) is 0 Å². The summed E-state index contributed by atoms with van der Waals surface area (Å²) in [5, 5.41) is 6.22. The number of fused-ring (bicyclic) bond motifs is 12. The summed E-state index contributed by atoms with van der Waals surface area (Å²) in [6.45, 7) is 2.22. The number of nitrogens with zero attached hydrogens (tertiary/aromatic N) is 1. The highest BCUT2D eigenvalue weighted by atomic mass is 32.1. The summed E-state index contributed by atoms with van der Waals surface area (Å²) in [5.41, 5.74) is 13.4. The van der Waals surface area contributed by atoms with Gasteiger partial charge in [-0.05, 0) is 41.7 Å². The van der Waals surface area contributed by atoms with Gasteiger partial charge >= 0.3 is 0 Å². The molecule has 0 bridgehead atoms. The van der Waals surface area contributed by atoms with Gasteiger partial charge < -0.3 is 14.0 Å². The second-order valence-corrected chi connectivity index (χ2v) is 12.1. The van der Waals surface area contributed by atoms with E-state index < -0.39 is 0 Å². The summed E-state index contributed by atoms with van der Waals surface area (Å²) in [6.07, 6.45) is 0.